The van der Waals surface area contributed by atoms with Crippen LogP contribution in [0, 0.1) is 0 Å². The molecule has 0 saturated heterocycles. The number of hydrogen-bond acceptors (Lipinski definition) is 5. The number of methoxy groups -OCH3 is 1. The van der Waals surface area contributed by atoms with Crippen LogP contribution in [-0.2, 0) is 32.5 Å². The summed E-state index contributed by atoms with van der Waals surface area (Å²) in [6, 6.07) is 25.4. The van der Waals surface area contributed by atoms with E-state index in [-0.39, 0.29) is 17.9 Å². The van der Waals surface area contributed by atoms with Crippen LogP contribution in [0.3, 0.4) is 0 Å². The number of carbonyl (C=O) groups is 2. The Labute approximate surface area is 209 Å². The van der Waals surface area contributed by atoms with Crippen LogP contribution in [0.2, 0.25) is 0 Å². The van der Waals surface area contributed by atoms with E-state index in [1.807, 2.05) is 48.5 Å². The molecule has 1 amide bonds. The summed E-state index contributed by atoms with van der Waals surface area (Å²) in [4.78, 5) is 25.3. The number of sulfonamides is 1. The molecule has 7 nitrogen and oxygen atoms in total. The molecule has 5 rings (SSSR count). The summed E-state index contributed by atoms with van der Waals surface area (Å²) in [5.41, 5.74) is 2.61. The van der Waals surface area contributed by atoms with Crippen LogP contribution in [0.4, 0.5) is 5.69 Å². The molecule has 0 bridgehead atoms. The fourth-order valence-electron chi connectivity index (χ4n) is 4.47. The van der Waals surface area contributed by atoms with Gasteiger partial charge in [0.1, 0.15) is 6.04 Å². The largest absolute Gasteiger partial charge is 0.465 e. The molecule has 0 unspecified atom stereocenters. The first-order valence-electron chi connectivity index (χ1n) is 11.4. The molecule has 0 aliphatic carbocycles. The van der Waals surface area contributed by atoms with Gasteiger partial charge in [0.15, 0.2) is 0 Å². The van der Waals surface area contributed by atoms with Crippen molar-refractivity contribution in [2.24, 2.45) is 0 Å². The molecule has 0 radical (unpaired) electrons. The molecule has 0 saturated carbocycles. The monoisotopic (exact) mass is 500 g/mol. The standard InChI is InChI=1S/C28H24N2O5S/c1-35-28(32)20-10-13-24(14-11-20)29-27(31)26-17-22-8-4-5-9-23(22)18-30(26)36(33,34)25-15-12-19-6-2-3-7-21(19)16-25/h2-16,26H,17-18H2,1H3,(H,29,31)/t26-/m1/s1. The molecule has 1 aliphatic rings. The number of benzene rings is 4. The van der Waals surface area contributed by atoms with Crippen LogP contribution in [0.1, 0.15) is 21.5 Å². The maximum Gasteiger partial charge on any atom is 0.337 e. The van der Waals surface area contributed by atoms with Gasteiger partial charge in [-0.15, -0.1) is 0 Å². The smallest absolute Gasteiger partial charge is 0.337 e. The van der Waals surface area contributed by atoms with Crippen molar-refractivity contribution in [1.82, 2.24) is 4.31 Å². The van der Waals surface area contributed by atoms with Crippen molar-refractivity contribution in [3.05, 3.63) is 108 Å². The second-order valence-corrected chi connectivity index (χ2v) is 10.5. The van der Waals surface area contributed by atoms with Crippen LogP contribution in [0.25, 0.3) is 10.8 Å². The van der Waals surface area contributed by atoms with Gasteiger partial charge >= 0.3 is 5.97 Å². The van der Waals surface area contributed by atoms with E-state index in [4.69, 9.17) is 4.74 Å². The minimum atomic E-state index is -3.99. The molecule has 182 valence electrons. The predicted molar refractivity (Wildman–Crippen MR) is 137 cm³/mol. The molecule has 4 aromatic rings. The van der Waals surface area contributed by atoms with Gasteiger partial charge < -0.3 is 10.1 Å². The topological polar surface area (TPSA) is 92.8 Å². The molecule has 1 atom stereocenters. The Hall–Kier alpha value is -4.01. The average molecular weight is 501 g/mol. The molecule has 4 aromatic carbocycles. The predicted octanol–water partition coefficient (Wildman–Crippen LogP) is 4.38. The van der Waals surface area contributed by atoms with E-state index in [0.29, 0.717) is 11.3 Å². The Morgan fingerprint density at radius 1 is 0.861 bits per heavy atom. The first-order valence-corrected chi connectivity index (χ1v) is 12.9. The van der Waals surface area contributed by atoms with Gasteiger partial charge in [0.25, 0.3) is 0 Å². The maximum atomic E-state index is 13.9. The van der Waals surface area contributed by atoms with Gasteiger partial charge in [-0.3, -0.25) is 4.79 Å². The summed E-state index contributed by atoms with van der Waals surface area (Å²) < 4.78 is 33.7. The van der Waals surface area contributed by atoms with E-state index >= 15 is 0 Å². The van der Waals surface area contributed by atoms with Gasteiger partial charge in [0, 0.05) is 12.2 Å². The Bertz CT molecular complexity index is 1560. The first-order chi connectivity index (χ1) is 17.4. The Balaban J connectivity index is 1.49. The Kier molecular flexibility index (Phi) is 6.30. The SMILES string of the molecule is COC(=O)c1ccc(NC(=O)[C@H]2Cc3ccccc3CN2S(=O)(=O)c2ccc3ccccc3c2)cc1. The zero-order valence-corrected chi connectivity index (χ0v) is 20.4. The lowest BCUT2D eigenvalue weighted by atomic mass is 9.95. The van der Waals surface area contributed by atoms with Gasteiger partial charge in [0.05, 0.1) is 17.6 Å². The molecular formula is C28H24N2O5S. The van der Waals surface area contributed by atoms with Gasteiger partial charge in [-0.2, -0.15) is 4.31 Å². The number of amides is 1. The van der Waals surface area contributed by atoms with Gasteiger partial charge in [-0.25, -0.2) is 13.2 Å². The van der Waals surface area contributed by atoms with E-state index in [1.54, 1.807) is 42.5 Å². The van der Waals surface area contributed by atoms with Crippen molar-refractivity contribution in [3.8, 4) is 0 Å². The van der Waals surface area contributed by atoms with E-state index in [9.17, 15) is 18.0 Å². The third-order valence-electron chi connectivity index (χ3n) is 6.41. The summed E-state index contributed by atoms with van der Waals surface area (Å²) >= 11 is 0. The highest BCUT2D eigenvalue weighted by Crippen LogP contribution is 2.31. The molecule has 1 heterocycles. The first kappa shape index (κ1) is 23.7. The Morgan fingerprint density at radius 3 is 2.25 bits per heavy atom. The average Bonchev–Trinajstić information content (AvgIpc) is 2.92. The second-order valence-electron chi connectivity index (χ2n) is 8.61. The normalized spacial score (nSPS) is 15.8. The number of nitrogens with zero attached hydrogens (tertiary/aromatic N) is 1. The summed E-state index contributed by atoms with van der Waals surface area (Å²) in [6.07, 6.45) is 0.245. The van der Waals surface area contributed by atoms with Gasteiger partial charge in [0.2, 0.25) is 15.9 Å². The summed E-state index contributed by atoms with van der Waals surface area (Å²) in [5.74, 6) is -0.927. The number of ether oxygens (including phenoxy) is 1. The molecule has 8 heteroatoms. The van der Waals surface area contributed by atoms with E-state index in [0.717, 1.165) is 21.9 Å². The van der Waals surface area contributed by atoms with E-state index in [1.165, 1.54) is 11.4 Å². The fraction of sp³-hybridized carbons (Fsp3) is 0.143. The minimum Gasteiger partial charge on any atom is -0.465 e. The van der Waals surface area contributed by atoms with Crippen molar-refractivity contribution >= 4 is 38.4 Å². The van der Waals surface area contributed by atoms with Crippen molar-refractivity contribution < 1.29 is 22.7 Å². The van der Waals surface area contributed by atoms with Crippen LogP contribution in [0.5, 0.6) is 0 Å². The van der Waals surface area contributed by atoms with Crippen molar-refractivity contribution in [1.29, 1.82) is 0 Å². The summed E-state index contributed by atoms with van der Waals surface area (Å²) in [5, 5.41) is 4.56. The van der Waals surface area contributed by atoms with Crippen LogP contribution in [-0.4, -0.2) is 37.8 Å². The highest BCUT2D eigenvalue weighted by molar-refractivity contribution is 7.89. The lowest BCUT2D eigenvalue weighted by Gasteiger charge is -2.35. The zero-order chi connectivity index (χ0) is 25.3. The maximum absolute atomic E-state index is 13.9. The van der Waals surface area contributed by atoms with Crippen molar-refractivity contribution in [2.75, 3.05) is 12.4 Å². The lowest BCUT2D eigenvalue weighted by molar-refractivity contribution is -0.120. The molecule has 36 heavy (non-hydrogen) atoms. The quantitative estimate of drug-likeness (QED) is 0.411. The van der Waals surface area contributed by atoms with Crippen LogP contribution >= 0.6 is 0 Å². The number of fused-ring (bicyclic) bond motifs is 2. The molecular weight excluding hydrogens is 476 g/mol. The second kappa shape index (κ2) is 9.56. The third kappa shape index (κ3) is 4.48. The summed E-state index contributed by atoms with van der Waals surface area (Å²) in [6.45, 7) is 0.0880. The number of anilines is 1. The lowest BCUT2D eigenvalue weighted by Crippen LogP contribution is -2.50. The van der Waals surface area contributed by atoms with Crippen LogP contribution < -0.4 is 5.32 Å². The van der Waals surface area contributed by atoms with Gasteiger partial charge in [-0.05, 0) is 64.7 Å². The highest BCUT2D eigenvalue weighted by atomic mass is 32.2. The van der Waals surface area contributed by atoms with Crippen molar-refractivity contribution in [3.63, 3.8) is 0 Å². The molecule has 0 spiro atoms. The number of rotatable bonds is 5. The Morgan fingerprint density at radius 2 is 1.53 bits per heavy atom. The van der Waals surface area contributed by atoms with E-state index < -0.39 is 27.9 Å². The molecule has 1 aliphatic heterocycles. The number of esters is 1. The molecule has 0 aromatic heterocycles. The number of hydrogen-bond donors (Lipinski definition) is 1. The minimum absolute atomic E-state index is 0.0880. The fourth-order valence-corrected chi connectivity index (χ4v) is 6.07. The van der Waals surface area contributed by atoms with Gasteiger partial charge in [-0.1, -0.05) is 54.6 Å². The zero-order valence-electron chi connectivity index (χ0n) is 19.5. The highest BCUT2D eigenvalue weighted by Gasteiger charge is 2.39. The van der Waals surface area contributed by atoms with E-state index in [2.05, 4.69) is 5.32 Å². The number of nitrogens with one attached hydrogen (secondary N) is 1. The number of carbonyl (C=O) groups excluding carboxylic acids is 2. The van der Waals surface area contributed by atoms with Crippen molar-refractivity contribution in [2.45, 2.75) is 23.9 Å². The third-order valence-corrected chi connectivity index (χ3v) is 8.26. The van der Waals surface area contributed by atoms with Crippen LogP contribution in [0.15, 0.2) is 95.9 Å². The molecule has 0 fully saturated rings. The molecule has 1 N–H and O–H groups in total. The summed E-state index contributed by atoms with van der Waals surface area (Å²) in [7, 11) is -2.70.